The molecule has 30 heavy (non-hydrogen) atoms. The number of ether oxygens (including phenoxy) is 1. The number of carbonyl (C=O) groups is 1. The van der Waals surface area contributed by atoms with Crippen molar-refractivity contribution in [2.24, 2.45) is 28.7 Å². The summed E-state index contributed by atoms with van der Waals surface area (Å²) in [4.78, 5) is 17.7. The fraction of sp³-hybridized carbons (Fsp3) is 0.913. The van der Waals surface area contributed by atoms with Crippen LogP contribution in [0.5, 0.6) is 0 Å². The van der Waals surface area contributed by atoms with Gasteiger partial charge in [-0.2, -0.15) is 13.2 Å². The van der Waals surface area contributed by atoms with Gasteiger partial charge < -0.3 is 4.74 Å². The van der Waals surface area contributed by atoms with Crippen LogP contribution >= 0.6 is 0 Å². The highest BCUT2D eigenvalue weighted by Crippen LogP contribution is 2.46. The van der Waals surface area contributed by atoms with Crippen molar-refractivity contribution in [3.63, 3.8) is 0 Å². The number of aliphatic imine (C=N–C) groups is 1. The molecule has 0 aromatic rings. The first-order chi connectivity index (χ1) is 14.1. The first-order valence-corrected chi connectivity index (χ1v) is 11.8. The number of carbonyl (C=O) groups excluding carboxylic acids is 1. The fourth-order valence-corrected chi connectivity index (χ4v) is 5.84. The number of rotatable bonds is 8. The van der Waals surface area contributed by atoms with Crippen LogP contribution in [0.15, 0.2) is 4.99 Å². The third kappa shape index (κ3) is 5.70. The summed E-state index contributed by atoms with van der Waals surface area (Å²) in [7, 11) is 0. The van der Waals surface area contributed by atoms with E-state index in [0.717, 1.165) is 18.3 Å². The smallest absolute Gasteiger partial charge is 0.389 e. The Hall–Kier alpha value is -1.27. The number of hydrogen-bond acceptors (Lipinski definition) is 3. The number of fused-ring (bicyclic) bond motifs is 4. The molecule has 4 fully saturated rings. The third-order valence-corrected chi connectivity index (χ3v) is 7.30. The number of unbranched alkanes of at least 4 members (excludes halogenated alkanes) is 2. The van der Waals surface area contributed by atoms with Gasteiger partial charge >= 0.3 is 6.18 Å². The van der Waals surface area contributed by atoms with Crippen LogP contribution in [-0.2, 0) is 9.53 Å². The molecule has 3 atom stereocenters. The van der Waals surface area contributed by atoms with E-state index < -0.39 is 18.2 Å². The molecular formula is C23H37F3N2O2. The van der Waals surface area contributed by atoms with E-state index in [4.69, 9.17) is 9.73 Å². The largest absolute Gasteiger partial charge is 0.448 e. The average Bonchev–Trinajstić information content (AvgIpc) is 2.91. The van der Waals surface area contributed by atoms with E-state index in [-0.39, 0.29) is 18.4 Å². The van der Waals surface area contributed by atoms with Crippen molar-refractivity contribution in [1.29, 1.82) is 0 Å². The zero-order valence-electron chi connectivity index (χ0n) is 18.6. The lowest BCUT2D eigenvalue weighted by Gasteiger charge is -2.44. The Balaban J connectivity index is 1.62. The normalized spacial score (nSPS) is 37.9. The van der Waals surface area contributed by atoms with E-state index in [1.165, 1.54) is 25.7 Å². The van der Waals surface area contributed by atoms with Crippen LogP contribution in [0.2, 0.25) is 0 Å². The lowest BCUT2D eigenvalue weighted by molar-refractivity contribution is -0.136. The minimum atomic E-state index is -4.12. The molecule has 1 heterocycles. The Bertz CT molecular complexity index is 614. The summed E-state index contributed by atoms with van der Waals surface area (Å²) in [5, 5.41) is 2.85. The van der Waals surface area contributed by atoms with Gasteiger partial charge in [0.1, 0.15) is 0 Å². The van der Waals surface area contributed by atoms with Crippen LogP contribution < -0.4 is 5.32 Å². The van der Waals surface area contributed by atoms with Gasteiger partial charge in [0.2, 0.25) is 0 Å². The summed E-state index contributed by atoms with van der Waals surface area (Å²) < 4.78 is 43.2. The predicted molar refractivity (Wildman–Crippen MR) is 111 cm³/mol. The van der Waals surface area contributed by atoms with E-state index in [2.05, 4.69) is 19.2 Å². The molecule has 0 aromatic heterocycles. The third-order valence-electron chi connectivity index (χ3n) is 7.30. The van der Waals surface area contributed by atoms with Gasteiger partial charge in [-0.05, 0) is 75.0 Å². The predicted octanol–water partition coefficient (Wildman–Crippen LogP) is 6.00. The van der Waals surface area contributed by atoms with E-state index in [1.807, 2.05) is 6.92 Å². The Labute approximate surface area is 178 Å². The van der Waals surface area contributed by atoms with Crippen molar-refractivity contribution in [2.45, 2.75) is 109 Å². The summed E-state index contributed by atoms with van der Waals surface area (Å²) in [6, 6.07) is 0.455. The Morgan fingerprint density at radius 2 is 1.67 bits per heavy atom. The number of amidine groups is 1. The van der Waals surface area contributed by atoms with Crippen molar-refractivity contribution < 1.29 is 22.7 Å². The first kappa shape index (κ1) is 23.4. The van der Waals surface area contributed by atoms with Gasteiger partial charge in [-0.25, -0.2) is 4.99 Å². The van der Waals surface area contributed by atoms with E-state index in [0.29, 0.717) is 43.5 Å². The fourth-order valence-electron chi connectivity index (χ4n) is 5.84. The minimum absolute atomic E-state index is 0.0910. The summed E-state index contributed by atoms with van der Waals surface area (Å²) in [5.74, 6) is 2.34. The molecule has 172 valence electrons. The van der Waals surface area contributed by atoms with E-state index >= 15 is 0 Å². The molecule has 1 saturated heterocycles. The van der Waals surface area contributed by atoms with Gasteiger partial charge in [0.15, 0.2) is 5.60 Å². The summed E-state index contributed by atoms with van der Waals surface area (Å²) >= 11 is 0. The topological polar surface area (TPSA) is 50.7 Å². The summed E-state index contributed by atoms with van der Waals surface area (Å²) in [6.45, 7) is 6.49. The number of halogens is 3. The Kier molecular flexibility index (Phi) is 7.39. The zero-order valence-corrected chi connectivity index (χ0v) is 18.6. The Morgan fingerprint density at radius 1 is 1.03 bits per heavy atom. The van der Waals surface area contributed by atoms with Crippen LogP contribution in [0.1, 0.15) is 91.4 Å². The molecule has 1 N–H and O–H groups in total. The van der Waals surface area contributed by atoms with Crippen LogP contribution in [0.3, 0.4) is 0 Å². The molecule has 4 nitrogen and oxygen atoms in total. The number of alkyl halides is 3. The molecule has 0 aromatic carbocycles. The van der Waals surface area contributed by atoms with Crippen molar-refractivity contribution in [1.82, 2.24) is 5.32 Å². The highest BCUT2D eigenvalue weighted by molar-refractivity contribution is 6.04. The second-order valence-electron chi connectivity index (χ2n) is 10.0. The molecule has 1 amide bonds. The standard InChI is InChI=1S/C23H37F3N2O2/c1-4-8-22(9-6-5-7-10-23(24,25)26)20(29)28-21(30-22)27-19-15(2)11-17-13-18(14-17)12-16(19)3/h15-19H,4-14H2,1-3H3,(H,27,28,29). The van der Waals surface area contributed by atoms with Crippen molar-refractivity contribution >= 4 is 11.9 Å². The second-order valence-corrected chi connectivity index (χ2v) is 10.0. The maximum Gasteiger partial charge on any atom is 0.389 e. The van der Waals surface area contributed by atoms with Gasteiger partial charge in [0.05, 0.1) is 6.04 Å². The quantitative estimate of drug-likeness (QED) is 0.480. The molecule has 3 aliphatic carbocycles. The zero-order chi connectivity index (χ0) is 21.9. The molecular weight excluding hydrogens is 393 g/mol. The molecule has 3 unspecified atom stereocenters. The number of nitrogens with zero attached hydrogens (tertiary/aromatic N) is 1. The maximum absolute atomic E-state index is 12.8. The molecule has 2 bridgehead atoms. The van der Waals surface area contributed by atoms with Crippen molar-refractivity contribution in [3.05, 3.63) is 0 Å². The Morgan fingerprint density at radius 3 is 2.23 bits per heavy atom. The monoisotopic (exact) mass is 430 g/mol. The molecule has 7 heteroatoms. The SMILES string of the molecule is CCCC1(CCCCCC(F)(F)F)OC(=NC2C(C)CC3CC(C3)CC2C)NC1=O. The van der Waals surface area contributed by atoms with Crippen LogP contribution in [0.4, 0.5) is 13.2 Å². The molecule has 0 spiro atoms. The van der Waals surface area contributed by atoms with Gasteiger partial charge in [-0.1, -0.05) is 33.6 Å². The number of hydrogen-bond donors (Lipinski definition) is 1. The van der Waals surface area contributed by atoms with Crippen LogP contribution in [0.25, 0.3) is 0 Å². The van der Waals surface area contributed by atoms with Gasteiger partial charge in [-0.3, -0.25) is 10.1 Å². The van der Waals surface area contributed by atoms with Gasteiger partial charge in [0, 0.05) is 6.42 Å². The summed E-state index contributed by atoms with van der Waals surface area (Å²) in [5.41, 5.74) is -0.984. The molecule has 1 aliphatic heterocycles. The van der Waals surface area contributed by atoms with E-state index in [1.54, 1.807) is 0 Å². The van der Waals surface area contributed by atoms with Crippen LogP contribution in [-0.4, -0.2) is 29.7 Å². The maximum atomic E-state index is 12.8. The van der Waals surface area contributed by atoms with Gasteiger partial charge in [0.25, 0.3) is 11.9 Å². The molecule has 0 radical (unpaired) electrons. The van der Waals surface area contributed by atoms with Crippen molar-refractivity contribution in [2.75, 3.05) is 0 Å². The average molecular weight is 431 g/mol. The molecule has 4 rings (SSSR count). The number of nitrogens with one attached hydrogen (secondary N) is 1. The highest BCUT2D eigenvalue weighted by Gasteiger charge is 2.47. The second kappa shape index (κ2) is 9.47. The lowest BCUT2D eigenvalue weighted by Crippen LogP contribution is -2.39. The summed E-state index contributed by atoms with van der Waals surface area (Å²) in [6.07, 6.45) is 2.98. The highest BCUT2D eigenvalue weighted by atomic mass is 19.4. The first-order valence-electron chi connectivity index (χ1n) is 11.8. The van der Waals surface area contributed by atoms with Crippen molar-refractivity contribution in [3.8, 4) is 0 Å². The van der Waals surface area contributed by atoms with Crippen LogP contribution in [0, 0.1) is 23.7 Å². The molecule has 4 aliphatic rings. The van der Waals surface area contributed by atoms with Gasteiger partial charge in [-0.15, -0.1) is 0 Å². The lowest BCUT2D eigenvalue weighted by atomic mass is 9.63. The van der Waals surface area contributed by atoms with E-state index in [9.17, 15) is 18.0 Å². The minimum Gasteiger partial charge on any atom is -0.448 e. The number of amides is 1. The molecule has 3 saturated carbocycles.